The van der Waals surface area contributed by atoms with Gasteiger partial charge in [0.2, 0.25) is 0 Å². The highest BCUT2D eigenvalue weighted by molar-refractivity contribution is 6.08. The molecule has 84 heavy (non-hydrogen) atoms. The van der Waals surface area contributed by atoms with Crippen LogP contribution in [0.2, 0.25) is 0 Å². The number of hydrogen-bond acceptors (Lipinski definition) is 7. The van der Waals surface area contributed by atoms with E-state index in [4.69, 9.17) is 18.9 Å². The second-order valence-electron chi connectivity index (χ2n) is 31.1. The van der Waals surface area contributed by atoms with Crippen LogP contribution in [0.4, 0.5) is 4.79 Å². The first-order chi connectivity index (χ1) is 40.1. The number of aromatic nitrogens is 1. The number of hydrogen-bond donors (Lipinski definition) is 1. The summed E-state index contributed by atoms with van der Waals surface area (Å²) < 4.78 is 26.2. The Kier molecular flexibility index (Phi) is 18.0. The molecule has 0 radical (unpaired) electrons. The summed E-state index contributed by atoms with van der Waals surface area (Å²) in [6.07, 6.45) is 26.7. The number of ketones is 1. The van der Waals surface area contributed by atoms with Gasteiger partial charge in [0.1, 0.15) is 24.6 Å². The van der Waals surface area contributed by atoms with Crippen LogP contribution in [0.5, 0.6) is 0 Å². The first-order valence-electron chi connectivity index (χ1n) is 33.9. The third-order valence-electron chi connectivity index (χ3n) is 25.9. The highest BCUT2D eigenvalue weighted by atomic mass is 16.6. The van der Waals surface area contributed by atoms with Gasteiger partial charge in [-0.05, 0) is 273 Å². The van der Waals surface area contributed by atoms with E-state index < -0.39 is 11.7 Å². The number of Topliss-reactive ketones (excluding diaryl/α,β-unsaturated/α-hetero) is 1. The fourth-order valence-electron chi connectivity index (χ4n) is 21.6. The number of carbonyl (C=O) groups is 3. The van der Waals surface area contributed by atoms with E-state index in [0.717, 1.165) is 125 Å². The lowest BCUT2D eigenvalue weighted by Gasteiger charge is -2.61. The predicted molar refractivity (Wildman–Crippen MR) is 337 cm³/mol. The van der Waals surface area contributed by atoms with Crippen molar-refractivity contribution in [3.05, 3.63) is 47.5 Å². The summed E-state index contributed by atoms with van der Waals surface area (Å²) in [5.74, 6) is 23.2. The number of nitrogens with one attached hydrogen (secondary N) is 1. The molecular weight excluding hydrogens is 1040 g/mol. The number of nitrogens with zero attached hydrogens (tertiary/aromatic N) is 1. The van der Waals surface area contributed by atoms with Gasteiger partial charge in [-0.25, -0.2) is 4.79 Å². The first kappa shape index (κ1) is 61.3. The number of ether oxygens (including phenoxy) is 4. The van der Waals surface area contributed by atoms with Gasteiger partial charge in [-0.1, -0.05) is 77.4 Å². The Morgan fingerprint density at radius 1 is 0.619 bits per heavy atom. The average Bonchev–Trinajstić information content (AvgIpc) is 1.37. The highest BCUT2D eigenvalue weighted by Gasteiger charge is 2.62. The van der Waals surface area contributed by atoms with Gasteiger partial charge in [-0.2, -0.15) is 0 Å². The Labute approximate surface area is 506 Å². The van der Waals surface area contributed by atoms with E-state index in [1.54, 1.807) is 6.92 Å². The number of esters is 1. The molecule has 3 aromatic rings. The van der Waals surface area contributed by atoms with Crippen molar-refractivity contribution in [1.29, 1.82) is 0 Å². The van der Waals surface area contributed by atoms with Crippen molar-refractivity contribution in [3.63, 3.8) is 0 Å². The van der Waals surface area contributed by atoms with Gasteiger partial charge in [0.15, 0.2) is 0 Å². The molecule has 8 saturated carbocycles. The van der Waals surface area contributed by atoms with Crippen LogP contribution in [-0.2, 0) is 35.1 Å². The van der Waals surface area contributed by atoms with Crippen molar-refractivity contribution >= 4 is 39.7 Å². The van der Waals surface area contributed by atoms with Crippen molar-refractivity contribution in [2.24, 2.45) is 92.7 Å². The van der Waals surface area contributed by atoms with Crippen LogP contribution in [0.15, 0.2) is 36.4 Å². The maximum atomic E-state index is 12.8. The first-order valence-corrected chi connectivity index (χ1v) is 33.9. The summed E-state index contributed by atoms with van der Waals surface area (Å²) in [6.45, 7) is 24.7. The summed E-state index contributed by atoms with van der Waals surface area (Å²) in [4.78, 5) is 36.7. The smallest absolute Gasteiger partial charge is 0.407 e. The van der Waals surface area contributed by atoms with Gasteiger partial charge in [-0.15, -0.1) is 0 Å². The third-order valence-corrected chi connectivity index (χ3v) is 25.9. The summed E-state index contributed by atoms with van der Waals surface area (Å²) >= 11 is 0. The summed E-state index contributed by atoms with van der Waals surface area (Å²) in [5.41, 5.74) is 5.10. The fourth-order valence-corrected chi connectivity index (χ4v) is 21.6. The van der Waals surface area contributed by atoms with Gasteiger partial charge in [0.25, 0.3) is 0 Å². The van der Waals surface area contributed by atoms with E-state index in [0.29, 0.717) is 83.8 Å². The third kappa shape index (κ3) is 12.1. The Hall–Kier alpha value is -4.31. The molecule has 0 saturated heterocycles. The van der Waals surface area contributed by atoms with Crippen molar-refractivity contribution in [3.8, 4) is 23.7 Å². The molecule has 9 heteroatoms. The molecule has 8 aliphatic rings. The lowest BCUT2D eigenvalue weighted by atomic mass is 9.44. The van der Waals surface area contributed by atoms with Gasteiger partial charge in [0, 0.05) is 47.8 Å². The maximum Gasteiger partial charge on any atom is 0.407 e. The lowest BCUT2D eigenvalue weighted by Crippen LogP contribution is -2.54. The number of benzene rings is 2. The predicted octanol–water partition coefficient (Wildman–Crippen LogP) is 16.7. The van der Waals surface area contributed by atoms with E-state index in [2.05, 4.69) is 112 Å². The van der Waals surface area contributed by atoms with Crippen LogP contribution >= 0.6 is 0 Å². The molecule has 8 aliphatic carbocycles. The zero-order valence-corrected chi connectivity index (χ0v) is 53.7. The van der Waals surface area contributed by atoms with Crippen LogP contribution in [0.25, 0.3) is 21.8 Å². The number of carbonyl (C=O) groups excluding carboxylic acids is 3. The SMILES string of the molecule is COC(=O)CC[C@@H](C)C1CC[C@H]2[C@@H]3CC[C@@H]4C[C@H](OCC#Cc5ccc6c7ccc(C#CCO[C@@H]8CCC9(C)C%10CCC%11(C)C([C@H](C)CCC(C)=O)CC[C@H]%11[C@@H]%10CC[C@@H]9C8)cc7n(CCNC(=O)OC(C)(C)C)c6c5)CCC4(C)C3CCC12C. The summed E-state index contributed by atoms with van der Waals surface area (Å²) in [5, 5.41) is 5.30. The van der Waals surface area contributed by atoms with Crippen molar-refractivity contribution in [2.45, 2.75) is 235 Å². The summed E-state index contributed by atoms with van der Waals surface area (Å²) in [6, 6.07) is 13.1. The minimum atomic E-state index is -0.580. The number of fused-ring (bicyclic) bond motifs is 13. The van der Waals surface area contributed by atoms with E-state index in [1.807, 2.05) is 20.8 Å². The normalized spacial score (nSPS) is 36.7. The molecule has 1 aromatic heterocycles. The van der Waals surface area contributed by atoms with Gasteiger partial charge < -0.3 is 33.6 Å². The molecule has 0 bridgehead atoms. The minimum Gasteiger partial charge on any atom is -0.469 e. The van der Waals surface area contributed by atoms with Crippen LogP contribution in [0, 0.1) is 116 Å². The van der Waals surface area contributed by atoms with Crippen molar-refractivity contribution in [2.75, 3.05) is 26.9 Å². The Balaban J connectivity index is 0.706. The van der Waals surface area contributed by atoms with E-state index >= 15 is 0 Å². The van der Waals surface area contributed by atoms with Gasteiger partial charge in [-0.3, -0.25) is 4.79 Å². The Bertz CT molecular complexity index is 3020. The lowest BCUT2D eigenvalue weighted by molar-refractivity contribution is -0.142. The Morgan fingerprint density at radius 3 is 1.55 bits per heavy atom. The fraction of sp³-hybridized carbons (Fsp3) is 0.747. The number of alkyl carbamates (subject to hydrolysis) is 1. The molecule has 0 spiro atoms. The molecule has 2 aromatic carbocycles. The zero-order valence-electron chi connectivity index (χ0n) is 53.7. The number of methoxy groups -OCH3 is 1. The van der Waals surface area contributed by atoms with E-state index in [1.165, 1.54) is 97.0 Å². The molecule has 18 atom stereocenters. The zero-order chi connectivity index (χ0) is 59.3. The van der Waals surface area contributed by atoms with Crippen LogP contribution in [0.1, 0.15) is 222 Å². The minimum absolute atomic E-state index is 0.0689. The van der Waals surface area contributed by atoms with Crippen molar-refractivity contribution < 1.29 is 33.3 Å². The molecule has 1 heterocycles. The largest absolute Gasteiger partial charge is 0.469 e. The average molecular weight is 1150 g/mol. The number of rotatable bonds is 15. The second kappa shape index (κ2) is 24.7. The molecule has 8 unspecified atom stereocenters. The highest BCUT2D eigenvalue weighted by Crippen LogP contribution is 2.70. The standard InChI is InChI=1S/C75H106N2O7/c1-48(16-18-50(3)78)61-27-29-63-59-25-21-53-46-55(32-36-72(53,7)65(59)34-38-74(61,63)9)82-42-12-14-51-19-23-57-58-24-20-52(45-68(58)77(67(57)44-51)41-40-76-70(80)84-71(4,5)6)15-13-43-83-56-33-37-73(8)54(47-56)22-26-60-64-30-28-62(49(2)17-31-69(79)81-11)75(64,10)39-35-66(60)73/h19-20,23-24,44-45,48-49,53-56,59-66H,16-18,21-22,25-43,46-47H2,1-11H3,(H,76,80)/t48-,49-,53-,54-,55-,56-,59+,60+,61?,62?,63+,64+,65?,66?,72?,73?,74?,75?/m1/s1. The summed E-state index contributed by atoms with van der Waals surface area (Å²) in [7, 11) is 1.51. The van der Waals surface area contributed by atoms with E-state index in [-0.39, 0.29) is 18.2 Å². The van der Waals surface area contributed by atoms with Crippen molar-refractivity contribution in [1.82, 2.24) is 9.88 Å². The molecule has 0 aliphatic heterocycles. The van der Waals surface area contributed by atoms with Crippen LogP contribution in [-0.4, -0.2) is 67.1 Å². The molecule has 1 amide bonds. The molecule has 458 valence electrons. The molecule has 9 nitrogen and oxygen atoms in total. The van der Waals surface area contributed by atoms with E-state index in [9.17, 15) is 14.4 Å². The topological polar surface area (TPSA) is 105 Å². The second-order valence-corrected chi connectivity index (χ2v) is 31.1. The quantitative estimate of drug-likeness (QED) is 0.119. The molecule has 11 rings (SSSR count). The molecular formula is C75H106N2O7. The Morgan fingerprint density at radius 2 is 1.08 bits per heavy atom. The monoisotopic (exact) mass is 1150 g/mol. The van der Waals surface area contributed by atoms with Gasteiger partial charge >= 0.3 is 12.1 Å². The molecule has 8 fully saturated rings. The molecule has 1 N–H and O–H groups in total. The van der Waals surface area contributed by atoms with Gasteiger partial charge in [0.05, 0.1) is 30.4 Å². The van der Waals surface area contributed by atoms with Crippen LogP contribution < -0.4 is 5.32 Å². The number of amides is 1. The van der Waals surface area contributed by atoms with Crippen LogP contribution in [0.3, 0.4) is 0 Å². The maximum absolute atomic E-state index is 12.8.